The second-order valence-electron chi connectivity index (χ2n) is 2.83. The van der Waals surface area contributed by atoms with Crippen LogP contribution in [0.5, 0.6) is 0 Å². The van der Waals surface area contributed by atoms with Crippen LogP contribution in [0.25, 0.3) is 5.95 Å². The van der Waals surface area contributed by atoms with Crippen molar-refractivity contribution < 1.29 is 0 Å². The van der Waals surface area contributed by atoms with E-state index < -0.39 is 0 Å². The van der Waals surface area contributed by atoms with Crippen molar-refractivity contribution in [2.24, 2.45) is 0 Å². The molecule has 0 fully saturated rings. The number of aromatic nitrogens is 4. The van der Waals surface area contributed by atoms with Crippen LogP contribution in [0.2, 0.25) is 0 Å². The average Bonchev–Trinajstić information content (AvgIpc) is 2.66. The first-order chi connectivity index (χ1) is 6.79. The summed E-state index contributed by atoms with van der Waals surface area (Å²) in [6.07, 6.45) is 6.42. The molecule has 0 saturated heterocycles. The highest BCUT2D eigenvalue weighted by atomic mass is 79.9. The number of hydrogen-bond donors (Lipinski definition) is 0. The van der Waals surface area contributed by atoms with Gasteiger partial charge in [-0.05, 0) is 34.0 Å². The Balaban J connectivity index is 2.39. The lowest BCUT2D eigenvalue weighted by Gasteiger charge is -1.97. The zero-order valence-electron chi connectivity index (χ0n) is 7.68. The minimum Gasteiger partial charge on any atom is -0.220 e. The van der Waals surface area contributed by atoms with Crippen LogP contribution in [0.15, 0.2) is 29.3 Å². The summed E-state index contributed by atoms with van der Waals surface area (Å²) in [5.41, 5.74) is 1.17. The van der Waals surface area contributed by atoms with Gasteiger partial charge in [0.25, 0.3) is 5.95 Å². The highest BCUT2D eigenvalue weighted by Gasteiger charge is 2.02. The molecule has 2 rings (SSSR count). The summed E-state index contributed by atoms with van der Waals surface area (Å²) in [6, 6.07) is 1.79. The molecule has 0 N–H and O–H groups in total. The fraction of sp³-hybridized carbons (Fsp3) is 0.222. The van der Waals surface area contributed by atoms with Gasteiger partial charge in [-0.3, -0.25) is 0 Å². The van der Waals surface area contributed by atoms with Gasteiger partial charge in [0.1, 0.15) is 4.60 Å². The minimum absolute atomic E-state index is 0.582. The van der Waals surface area contributed by atoms with Crippen molar-refractivity contribution in [3.05, 3.63) is 34.8 Å². The molecule has 0 radical (unpaired) electrons. The molecule has 0 aliphatic carbocycles. The Morgan fingerprint density at radius 2 is 2.36 bits per heavy atom. The van der Waals surface area contributed by atoms with Crippen LogP contribution in [0.3, 0.4) is 0 Å². The largest absolute Gasteiger partial charge is 0.251 e. The fourth-order valence-electron chi connectivity index (χ4n) is 1.09. The van der Waals surface area contributed by atoms with E-state index >= 15 is 0 Å². The zero-order chi connectivity index (χ0) is 9.97. The van der Waals surface area contributed by atoms with Gasteiger partial charge in [0, 0.05) is 12.4 Å². The Bertz CT molecular complexity index is 438. The van der Waals surface area contributed by atoms with E-state index in [1.54, 1.807) is 16.9 Å². The smallest absolute Gasteiger partial charge is 0.220 e. The Kier molecular flexibility index (Phi) is 2.58. The van der Waals surface area contributed by atoms with E-state index in [2.05, 4.69) is 37.9 Å². The minimum atomic E-state index is 0.582. The Morgan fingerprint density at radius 3 is 3.00 bits per heavy atom. The van der Waals surface area contributed by atoms with Gasteiger partial charge in [-0.15, -0.1) is 0 Å². The highest BCUT2D eigenvalue weighted by molar-refractivity contribution is 9.10. The Morgan fingerprint density at radius 1 is 1.50 bits per heavy atom. The molecule has 2 aromatic heterocycles. The molecule has 5 heteroatoms. The number of halogens is 1. The van der Waals surface area contributed by atoms with Gasteiger partial charge in [-0.25, -0.2) is 14.6 Å². The molecular weight excluding hydrogens is 244 g/mol. The van der Waals surface area contributed by atoms with Gasteiger partial charge >= 0.3 is 0 Å². The van der Waals surface area contributed by atoms with Gasteiger partial charge in [0.15, 0.2) is 0 Å². The van der Waals surface area contributed by atoms with Crippen molar-refractivity contribution in [3.63, 3.8) is 0 Å². The summed E-state index contributed by atoms with van der Waals surface area (Å²) in [5.74, 6) is 0.582. The molecule has 4 nitrogen and oxygen atoms in total. The molecule has 0 unspecified atom stereocenters. The first kappa shape index (κ1) is 9.33. The summed E-state index contributed by atoms with van der Waals surface area (Å²) in [6.45, 7) is 2.09. The lowest BCUT2D eigenvalue weighted by atomic mass is 10.3. The van der Waals surface area contributed by atoms with Crippen molar-refractivity contribution in [1.29, 1.82) is 0 Å². The van der Waals surface area contributed by atoms with E-state index in [0.29, 0.717) is 5.95 Å². The molecule has 0 spiro atoms. The summed E-state index contributed by atoms with van der Waals surface area (Å²) in [4.78, 5) is 8.31. The highest BCUT2D eigenvalue weighted by Crippen LogP contribution is 2.07. The van der Waals surface area contributed by atoms with E-state index in [-0.39, 0.29) is 0 Å². The standard InChI is InChI=1S/C9H9BrN4/c1-2-7-5-12-14(6-7)9-11-4-3-8(10)13-9/h3-6H,2H2,1H3. The summed E-state index contributed by atoms with van der Waals surface area (Å²) < 4.78 is 2.43. The molecule has 0 saturated carbocycles. The quantitative estimate of drug-likeness (QED) is 0.768. The normalized spacial score (nSPS) is 10.4. The number of nitrogens with zero attached hydrogens (tertiary/aromatic N) is 4. The molecule has 2 aromatic rings. The van der Waals surface area contributed by atoms with Crippen LogP contribution in [-0.4, -0.2) is 19.7 Å². The van der Waals surface area contributed by atoms with Gasteiger partial charge in [-0.2, -0.15) is 5.10 Å². The molecule has 0 aliphatic heterocycles. The zero-order valence-corrected chi connectivity index (χ0v) is 9.27. The first-order valence-electron chi connectivity index (χ1n) is 4.32. The number of aryl methyl sites for hydroxylation is 1. The topological polar surface area (TPSA) is 43.6 Å². The molecule has 0 bridgehead atoms. The van der Waals surface area contributed by atoms with Crippen LogP contribution in [0, 0.1) is 0 Å². The van der Waals surface area contributed by atoms with E-state index in [1.807, 2.05) is 12.4 Å². The lowest BCUT2D eigenvalue weighted by Crippen LogP contribution is -2.00. The maximum Gasteiger partial charge on any atom is 0.251 e. The summed E-state index contributed by atoms with van der Waals surface area (Å²) in [7, 11) is 0. The third-order valence-electron chi connectivity index (χ3n) is 1.86. The monoisotopic (exact) mass is 252 g/mol. The van der Waals surface area contributed by atoms with E-state index in [0.717, 1.165) is 11.0 Å². The van der Waals surface area contributed by atoms with Gasteiger partial charge in [0.05, 0.1) is 6.20 Å². The molecule has 2 heterocycles. The van der Waals surface area contributed by atoms with Crippen LogP contribution in [0.1, 0.15) is 12.5 Å². The van der Waals surface area contributed by atoms with Crippen molar-refractivity contribution in [2.75, 3.05) is 0 Å². The number of hydrogen-bond acceptors (Lipinski definition) is 3. The third-order valence-corrected chi connectivity index (χ3v) is 2.30. The molecule has 0 aliphatic rings. The van der Waals surface area contributed by atoms with Crippen molar-refractivity contribution in [2.45, 2.75) is 13.3 Å². The maximum atomic E-state index is 4.20. The Hall–Kier alpha value is -1.23. The molecule has 0 atom stereocenters. The van der Waals surface area contributed by atoms with Crippen LogP contribution < -0.4 is 0 Å². The van der Waals surface area contributed by atoms with Crippen LogP contribution >= 0.6 is 15.9 Å². The summed E-state index contributed by atoms with van der Waals surface area (Å²) in [5, 5.41) is 4.17. The SMILES string of the molecule is CCc1cnn(-c2nccc(Br)n2)c1. The second-order valence-corrected chi connectivity index (χ2v) is 3.64. The van der Waals surface area contributed by atoms with Gasteiger partial charge in [-0.1, -0.05) is 6.92 Å². The first-order valence-corrected chi connectivity index (χ1v) is 5.11. The fourth-order valence-corrected chi connectivity index (χ4v) is 1.37. The van der Waals surface area contributed by atoms with Crippen LogP contribution in [-0.2, 0) is 6.42 Å². The molecule has 14 heavy (non-hydrogen) atoms. The van der Waals surface area contributed by atoms with E-state index in [1.165, 1.54) is 5.56 Å². The lowest BCUT2D eigenvalue weighted by molar-refractivity contribution is 0.803. The van der Waals surface area contributed by atoms with Crippen LogP contribution in [0.4, 0.5) is 0 Å². The Labute approximate surface area is 90.1 Å². The predicted octanol–water partition coefficient (Wildman–Crippen LogP) is 1.99. The summed E-state index contributed by atoms with van der Waals surface area (Å²) >= 11 is 3.29. The predicted molar refractivity (Wildman–Crippen MR) is 56.2 cm³/mol. The molecular formula is C9H9BrN4. The van der Waals surface area contributed by atoms with Gasteiger partial charge in [0.2, 0.25) is 0 Å². The third kappa shape index (κ3) is 1.82. The number of rotatable bonds is 2. The molecule has 72 valence electrons. The average molecular weight is 253 g/mol. The molecule has 0 amide bonds. The van der Waals surface area contributed by atoms with Crippen molar-refractivity contribution in [3.8, 4) is 5.95 Å². The van der Waals surface area contributed by atoms with E-state index in [4.69, 9.17) is 0 Å². The maximum absolute atomic E-state index is 4.20. The van der Waals surface area contributed by atoms with Gasteiger partial charge < -0.3 is 0 Å². The molecule has 0 aromatic carbocycles. The van der Waals surface area contributed by atoms with E-state index in [9.17, 15) is 0 Å². The van der Waals surface area contributed by atoms with Crippen molar-refractivity contribution >= 4 is 15.9 Å². The second kappa shape index (κ2) is 3.88. The van der Waals surface area contributed by atoms with Crippen molar-refractivity contribution in [1.82, 2.24) is 19.7 Å².